The highest BCUT2D eigenvalue weighted by Crippen LogP contribution is 2.44. The summed E-state index contributed by atoms with van der Waals surface area (Å²) in [5.74, 6) is -2.14. The van der Waals surface area contributed by atoms with Crippen molar-refractivity contribution >= 4 is 18.0 Å². The Labute approximate surface area is 227 Å². The number of carbonyl (C=O) groups excluding carboxylic acids is 2. The third-order valence-corrected chi connectivity index (χ3v) is 6.67. The Hall–Kier alpha value is -4.21. The average molecular weight is 533 g/mol. The number of amides is 2. The molecule has 3 N–H and O–H groups in total. The van der Waals surface area contributed by atoms with Crippen molar-refractivity contribution in [1.82, 2.24) is 10.6 Å². The molecule has 2 unspecified atom stereocenters. The number of carboxylic acids is 1. The van der Waals surface area contributed by atoms with Gasteiger partial charge in [0.1, 0.15) is 12.6 Å². The zero-order valence-electron chi connectivity index (χ0n) is 21.8. The van der Waals surface area contributed by atoms with Crippen LogP contribution in [-0.2, 0) is 30.4 Å². The maximum Gasteiger partial charge on any atom is 0.407 e. The number of ether oxygens (including phenoxy) is 3. The number of methoxy groups -OCH3 is 1. The van der Waals surface area contributed by atoms with E-state index in [2.05, 4.69) is 10.6 Å². The Morgan fingerprint density at radius 2 is 1.46 bits per heavy atom. The minimum absolute atomic E-state index is 0.0644. The summed E-state index contributed by atoms with van der Waals surface area (Å²) in [6.07, 6.45) is -1.62. The highest BCUT2D eigenvalue weighted by molar-refractivity contribution is 5.89. The topological polar surface area (TPSA) is 123 Å². The van der Waals surface area contributed by atoms with Gasteiger partial charge in [-0.25, -0.2) is 9.59 Å². The lowest BCUT2D eigenvalue weighted by Crippen LogP contribution is -2.57. The summed E-state index contributed by atoms with van der Waals surface area (Å²) < 4.78 is 16.4. The van der Waals surface area contributed by atoms with Crippen LogP contribution in [0.15, 0.2) is 78.9 Å². The molecule has 3 aromatic carbocycles. The van der Waals surface area contributed by atoms with Gasteiger partial charge in [-0.2, -0.15) is 0 Å². The number of hydrogen-bond donors (Lipinski definition) is 3. The van der Waals surface area contributed by atoms with Gasteiger partial charge < -0.3 is 30.0 Å². The summed E-state index contributed by atoms with van der Waals surface area (Å²) in [7, 11) is 1.33. The summed E-state index contributed by atoms with van der Waals surface area (Å²) in [4.78, 5) is 37.6. The van der Waals surface area contributed by atoms with E-state index in [9.17, 15) is 19.5 Å². The molecule has 0 heterocycles. The molecule has 3 aromatic rings. The predicted octanol–water partition coefficient (Wildman–Crippen LogP) is 3.71. The molecule has 0 spiro atoms. The molecule has 0 aliphatic heterocycles. The highest BCUT2D eigenvalue weighted by atomic mass is 16.5. The van der Waals surface area contributed by atoms with Crippen molar-refractivity contribution in [3.8, 4) is 11.1 Å². The summed E-state index contributed by atoms with van der Waals surface area (Å²) in [5, 5.41) is 14.4. The first-order chi connectivity index (χ1) is 18.9. The van der Waals surface area contributed by atoms with E-state index in [0.29, 0.717) is 0 Å². The number of rotatable bonds is 12. The van der Waals surface area contributed by atoms with E-state index in [4.69, 9.17) is 14.2 Å². The number of aliphatic carboxylic acids is 1. The first-order valence-corrected chi connectivity index (χ1v) is 12.7. The molecule has 0 fully saturated rings. The second kappa shape index (κ2) is 13.0. The van der Waals surface area contributed by atoms with Crippen LogP contribution in [0.4, 0.5) is 4.79 Å². The Kier molecular flexibility index (Phi) is 9.30. The minimum atomic E-state index is -1.30. The molecule has 9 heteroatoms. The van der Waals surface area contributed by atoms with Crippen LogP contribution in [0.2, 0.25) is 0 Å². The lowest BCUT2D eigenvalue weighted by molar-refractivity contribution is -0.144. The number of benzene rings is 3. The predicted molar refractivity (Wildman–Crippen MR) is 144 cm³/mol. The minimum Gasteiger partial charge on any atom is -0.480 e. The largest absolute Gasteiger partial charge is 0.480 e. The van der Waals surface area contributed by atoms with Crippen molar-refractivity contribution in [2.24, 2.45) is 0 Å². The van der Waals surface area contributed by atoms with Crippen molar-refractivity contribution in [2.75, 3.05) is 20.3 Å². The molecule has 9 nitrogen and oxygen atoms in total. The Morgan fingerprint density at radius 3 is 2.05 bits per heavy atom. The van der Waals surface area contributed by atoms with E-state index in [1.165, 1.54) is 7.11 Å². The van der Waals surface area contributed by atoms with Crippen LogP contribution in [0.1, 0.15) is 29.5 Å². The molecular formula is C30H32N2O7. The number of nitrogens with one attached hydrogen (secondary N) is 2. The molecule has 3 atom stereocenters. The second-order valence-corrected chi connectivity index (χ2v) is 9.30. The monoisotopic (exact) mass is 532 g/mol. The molecule has 0 saturated heterocycles. The number of fused-ring (bicyclic) bond motifs is 3. The van der Waals surface area contributed by atoms with Gasteiger partial charge in [0.2, 0.25) is 5.91 Å². The van der Waals surface area contributed by atoms with Gasteiger partial charge in [0.15, 0.2) is 6.04 Å². The van der Waals surface area contributed by atoms with Gasteiger partial charge in [0.05, 0.1) is 19.3 Å². The SMILES string of the molecule is COC[C@H](NC(=O)C(NC(=O)OCC1c2ccccc2-c2ccccc21)C(C)OCc1ccccc1)C(=O)O. The third-order valence-electron chi connectivity index (χ3n) is 6.67. The molecule has 0 bridgehead atoms. The first-order valence-electron chi connectivity index (χ1n) is 12.7. The Bertz CT molecular complexity index is 1250. The number of carbonyl (C=O) groups is 3. The van der Waals surface area contributed by atoms with Crippen molar-refractivity contribution in [3.63, 3.8) is 0 Å². The van der Waals surface area contributed by atoms with Crippen LogP contribution in [0, 0.1) is 0 Å². The molecular weight excluding hydrogens is 500 g/mol. The summed E-state index contributed by atoms with van der Waals surface area (Å²) in [6.45, 7) is 1.65. The van der Waals surface area contributed by atoms with E-state index in [-0.39, 0.29) is 25.7 Å². The Balaban J connectivity index is 1.45. The maximum atomic E-state index is 13.1. The lowest BCUT2D eigenvalue weighted by atomic mass is 9.98. The van der Waals surface area contributed by atoms with Crippen LogP contribution in [0.3, 0.4) is 0 Å². The van der Waals surface area contributed by atoms with E-state index in [1.807, 2.05) is 78.9 Å². The fourth-order valence-corrected chi connectivity index (χ4v) is 4.66. The quantitative estimate of drug-likeness (QED) is 0.325. The first kappa shape index (κ1) is 27.8. The van der Waals surface area contributed by atoms with E-state index in [0.717, 1.165) is 27.8 Å². The molecule has 2 amide bonds. The fraction of sp³-hybridized carbons (Fsp3) is 0.300. The maximum absolute atomic E-state index is 13.1. The second-order valence-electron chi connectivity index (χ2n) is 9.30. The van der Waals surface area contributed by atoms with Gasteiger partial charge in [0, 0.05) is 13.0 Å². The van der Waals surface area contributed by atoms with E-state index < -0.39 is 36.2 Å². The van der Waals surface area contributed by atoms with Crippen LogP contribution in [-0.4, -0.2) is 61.6 Å². The zero-order chi connectivity index (χ0) is 27.8. The number of alkyl carbamates (subject to hydrolysis) is 1. The lowest BCUT2D eigenvalue weighted by Gasteiger charge is -2.26. The number of hydrogen-bond acceptors (Lipinski definition) is 6. The zero-order valence-corrected chi connectivity index (χ0v) is 21.8. The van der Waals surface area contributed by atoms with E-state index >= 15 is 0 Å². The van der Waals surface area contributed by atoms with Crippen molar-refractivity contribution in [2.45, 2.75) is 37.6 Å². The van der Waals surface area contributed by atoms with Crippen LogP contribution in [0.5, 0.6) is 0 Å². The molecule has 0 aromatic heterocycles. The molecule has 0 saturated carbocycles. The van der Waals surface area contributed by atoms with Crippen molar-refractivity contribution < 1.29 is 33.7 Å². The smallest absolute Gasteiger partial charge is 0.407 e. The van der Waals surface area contributed by atoms with Gasteiger partial charge in [-0.1, -0.05) is 78.9 Å². The molecule has 39 heavy (non-hydrogen) atoms. The molecule has 0 radical (unpaired) electrons. The van der Waals surface area contributed by atoms with Gasteiger partial charge in [-0.3, -0.25) is 4.79 Å². The molecule has 4 rings (SSSR count). The third kappa shape index (κ3) is 6.81. The number of carboxylic acid groups (broad SMARTS) is 1. The van der Waals surface area contributed by atoms with Gasteiger partial charge in [0.25, 0.3) is 0 Å². The molecule has 1 aliphatic rings. The van der Waals surface area contributed by atoms with Gasteiger partial charge in [-0.05, 0) is 34.7 Å². The van der Waals surface area contributed by atoms with Crippen LogP contribution in [0.25, 0.3) is 11.1 Å². The summed E-state index contributed by atoms with van der Waals surface area (Å²) >= 11 is 0. The average Bonchev–Trinajstić information content (AvgIpc) is 3.27. The van der Waals surface area contributed by atoms with Crippen molar-refractivity contribution in [3.05, 3.63) is 95.6 Å². The highest BCUT2D eigenvalue weighted by Gasteiger charge is 2.33. The molecule has 204 valence electrons. The molecule has 1 aliphatic carbocycles. The fourth-order valence-electron chi connectivity index (χ4n) is 4.66. The summed E-state index contributed by atoms with van der Waals surface area (Å²) in [6, 6.07) is 22.8. The normalized spacial score (nSPS) is 14.4. The van der Waals surface area contributed by atoms with Crippen LogP contribution < -0.4 is 10.6 Å². The Morgan fingerprint density at radius 1 is 0.872 bits per heavy atom. The summed E-state index contributed by atoms with van der Waals surface area (Å²) in [5.41, 5.74) is 5.20. The van der Waals surface area contributed by atoms with E-state index in [1.54, 1.807) is 6.92 Å². The van der Waals surface area contributed by atoms with Gasteiger partial charge in [-0.15, -0.1) is 0 Å². The van der Waals surface area contributed by atoms with Crippen molar-refractivity contribution in [1.29, 1.82) is 0 Å². The van der Waals surface area contributed by atoms with Gasteiger partial charge >= 0.3 is 12.1 Å². The van der Waals surface area contributed by atoms with Crippen LogP contribution >= 0.6 is 0 Å². The standard InChI is InChI=1S/C30H32N2O7/c1-19(38-16-20-10-4-3-5-11-20)27(28(33)31-26(18-37-2)29(34)35)32-30(36)39-17-25-23-14-8-6-12-21(23)22-13-7-9-15-24(22)25/h3-15,19,25-27H,16-18H2,1-2H3,(H,31,33)(H,32,36)(H,34,35)/t19?,26-,27?/m0/s1.